The second-order valence-corrected chi connectivity index (χ2v) is 6.23. The third kappa shape index (κ3) is 3.63. The Morgan fingerprint density at radius 1 is 1.07 bits per heavy atom. The number of para-hydroxylation sites is 1. The minimum Gasteiger partial charge on any atom is -0.464 e. The zero-order valence-electron chi connectivity index (χ0n) is 15.9. The van der Waals surface area contributed by atoms with Crippen molar-refractivity contribution in [2.45, 2.75) is 0 Å². The van der Waals surface area contributed by atoms with Gasteiger partial charge in [0.1, 0.15) is 17.9 Å². The average Bonchev–Trinajstić information content (AvgIpc) is 3.17. The van der Waals surface area contributed by atoms with Crippen molar-refractivity contribution >= 4 is 34.5 Å². The van der Waals surface area contributed by atoms with E-state index in [1.807, 2.05) is 0 Å². The molecule has 0 aliphatic carbocycles. The van der Waals surface area contributed by atoms with Crippen molar-refractivity contribution in [3.63, 3.8) is 0 Å². The summed E-state index contributed by atoms with van der Waals surface area (Å²) in [7, 11) is 1.56. The Kier molecular flexibility index (Phi) is 5.00. The fourth-order valence-corrected chi connectivity index (χ4v) is 3.03. The lowest BCUT2D eigenvalue weighted by Gasteiger charge is -2.18. The minimum atomic E-state index is -1.18. The molecule has 0 atom stereocenters. The number of amides is 2. The summed E-state index contributed by atoms with van der Waals surface area (Å²) in [5.74, 6) is 0.834. The van der Waals surface area contributed by atoms with Crippen LogP contribution in [0, 0.1) is 0 Å². The lowest BCUT2D eigenvalue weighted by Crippen LogP contribution is -2.24. The maximum absolute atomic E-state index is 11.9. The Bertz CT molecular complexity index is 1220. The van der Waals surface area contributed by atoms with Crippen LogP contribution in [-0.2, 0) is 0 Å². The number of ether oxygens (including phenoxy) is 1. The number of anilines is 2. The third-order valence-corrected chi connectivity index (χ3v) is 4.38. The van der Waals surface area contributed by atoms with Crippen molar-refractivity contribution in [3.05, 3.63) is 73.2 Å². The maximum atomic E-state index is 11.9. The molecule has 30 heavy (non-hydrogen) atoms. The molecule has 9 nitrogen and oxygen atoms in total. The van der Waals surface area contributed by atoms with E-state index in [4.69, 9.17) is 4.74 Å². The lowest BCUT2D eigenvalue weighted by atomic mass is 10.2. The Hall–Kier alpha value is -4.40. The van der Waals surface area contributed by atoms with Gasteiger partial charge in [0.25, 0.3) is 0 Å². The molecule has 9 heteroatoms. The molecule has 4 rings (SSSR count). The van der Waals surface area contributed by atoms with E-state index < -0.39 is 6.09 Å². The molecule has 4 aromatic rings. The number of carbonyl (C=O) groups excluding carboxylic acids is 1. The number of carboxylic acid groups (broad SMARTS) is 1. The second kappa shape index (κ2) is 7.92. The van der Waals surface area contributed by atoms with E-state index in [9.17, 15) is 14.7 Å². The smallest absolute Gasteiger partial charge is 0.417 e. The molecular weight excluding hydrogens is 386 g/mol. The second-order valence-electron chi connectivity index (χ2n) is 6.23. The van der Waals surface area contributed by atoms with Crippen LogP contribution in [0.25, 0.3) is 10.9 Å². The highest BCUT2D eigenvalue weighted by atomic mass is 16.5. The van der Waals surface area contributed by atoms with Gasteiger partial charge in [-0.15, -0.1) is 0 Å². The van der Waals surface area contributed by atoms with Crippen molar-refractivity contribution in [2.75, 3.05) is 11.9 Å². The van der Waals surface area contributed by atoms with Gasteiger partial charge in [-0.25, -0.2) is 24.5 Å². The molecule has 2 aromatic carbocycles. The van der Waals surface area contributed by atoms with Crippen LogP contribution in [0.4, 0.5) is 21.1 Å². The molecule has 2 aromatic heterocycles. The van der Waals surface area contributed by atoms with Gasteiger partial charge in [-0.05, 0) is 36.4 Å². The van der Waals surface area contributed by atoms with E-state index in [-0.39, 0.29) is 17.7 Å². The first kappa shape index (κ1) is 18.9. The Balaban J connectivity index is 1.63. The van der Waals surface area contributed by atoms with Crippen molar-refractivity contribution in [2.24, 2.45) is 0 Å². The zero-order valence-corrected chi connectivity index (χ0v) is 15.9. The van der Waals surface area contributed by atoms with Gasteiger partial charge in [-0.3, -0.25) is 4.57 Å². The van der Waals surface area contributed by atoms with Crippen molar-refractivity contribution in [1.29, 1.82) is 0 Å². The van der Waals surface area contributed by atoms with Crippen LogP contribution in [0.15, 0.2) is 73.2 Å². The monoisotopic (exact) mass is 403 g/mol. The molecule has 2 amide bonds. The molecule has 0 radical (unpaired) electrons. The fourth-order valence-electron chi connectivity index (χ4n) is 3.03. The Labute approximate surface area is 171 Å². The molecule has 2 heterocycles. The fraction of sp³-hybridized carbons (Fsp3) is 0.0476. The molecule has 150 valence electrons. The van der Waals surface area contributed by atoms with Gasteiger partial charge in [0.2, 0.25) is 5.88 Å². The third-order valence-electron chi connectivity index (χ3n) is 4.38. The molecular formula is C21H17N5O4. The van der Waals surface area contributed by atoms with Crippen molar-refractivity contribution in [1.82, 2.24) is 19.9 Å². The number of hydrogen-bond acceptors (Lipinski definition) is 5. The first-order valence-electron chi connectivity index (χ1n) is 8.98. The maximum Gasteiger partial charge on any atom is 0.417 e. The van der Waals surface area contributed by atoms with Crippen LogP contribution >= 0.6 is 0 Å². The van der Waals surface area contributed by atoms with Crippen LogP contribution in [0.3, 0.4) is 0 Å². The predicted molar refractivity (Wildman–Crippen MR) is 111 cm³/mol. The number of nitrogens with one attached hydrogen (secondary N) is 1. The minimum absolute atomic E-state index is 0.158. The first-order valence-corrected chi connectivity index (χ1v) is 8.98. The van der Waals surface area contributed by atoms with Gasteiger partial charge >= 0.3 is 12.1 Å². The molecule has 0 bridgehead atoms. The van der Waals surface area contributed by atoms with Gasteiger partial charge in [0, 0.05) is 24.7 Å². The van der Waals surface area contributed by atoms with E-state index in [0.29, 0.717) is 11.4 Å². The highest BCUT2D eigenvalue weighted by Crippen LogP contribution is 2.29. The molecule has 0 fully saturated rings. The normalized spacial score (nSPS) is 10.6. The number of nitrogens with zero attached hydrogens (tertiary/aromatic N) is 4. The first-order chi connectivity index (χ1) is 14.6. The van der Waals surface area contributed by atoms with Gasteiger partial charge in [0.05, 0.1) is 11.2 Å². The summed E-state index contributed by atoms with van der Waals surface area (Å²) < 4.78 is 7.30. The quantitative estimate of drug-likeness (QED) is 0.528. The van der Waals surface area contributed by atoms with Gasteiger partial charge in [0.15, 0.2) is 0 Å². The van der Waals surface area contributed by atoms with Crippen LogP contribution in [0.1, 0.15) is 0 Å². The number of carbonyl (C=O) groups is 2. The lowest BCUT2D eigenvalue weighted by molar-refractivity contribution is 0.204. The van der Waals surface area contributed by atoms with E-state index >= 15 is 0 Å². The Morgan fingerprint density at radius 3 is 2.60 bits per heavy atom. The largest absolute Gasteiger partial charge is 0.464 e. The van der Waals surface area contributed by atoms with Gasteiger partial charge in [-0.1, -0.05) is 18.2 Å². The van der Waals surface area contributed by atoms with E-state index in [2.05, 4.69) is 15.3 Å². The summed E-state index contributed by atoms with van der Waals surface area (Å²) in [6.45, 7) is 0. The zero-order chi connectivity index (χ0) is 21.1. The molecule has 0 unspecified atom stereocenters. The van der Waals surface area contributed by atoms with Crippen LogP contribution in [0.2, 0.25) is 0 Å². The summed E-state index contributed by atoms with van der Waals surface area (Å²) in [5, 5.41) is 13.0. The van der Waals surface area contributed by atoms with Crippen LogP contribution in [-0.4, -0.2) is 38.8 Å². The topological polar surface area (TPSA) is 110 Å². The molecule has 2 N–H and O–H groups in total. The van der Waals surface area contributed by atoms with Crippen LogP contribution < -0.4 is 15.0 Å². The van der Waals surface area contributed by atoms with Crippen molar-refractivity contribution in [3.8, 4) is 11.6 Å². The number of hydrogen-bond donors (Lipinski definition) is 2. The van der Waals surface area contributed by atoms with Gasteiger partial charge < -0.3 is 15.2 Å². The highest BCUT2D eigenvalue weighted by Gasteiger charge is 2.19. The number of aromatic nitrogens is 3. The standard InChI is InChI=1S/C21H17N5O4/c1-22-20(27)25-10-9-14-11-16(7-8-17(14)25)30-19-12-18(23-13-24-19)26(21(28)29)15-5-3-2-4-6-15/h2-13H,1H3,(H,22,27)(H,28,29). The average molecular weight is 403 g/mol. The molecule has 0 aliphatic heterocycles. The summed E-state index contributed by atoms with van der Waals surface area (Å²) in [4.78, 5) is 32.9. The summed E-state index contributed by atoms with van der Waals surface area (Å²) in [6, 6.07) is 16.8. The summed E-state index contributed by atoms with van der Waals surface area (Å²) >= 11 is 0. The summed E-state index contributed by atoms with van der Waals surface area (Å²) in [5.41, 5.74) is 1.18. The Morgan fingerprint density at radius 2 is 1.87 bits per heavy atom. The number of rotatable bonds is 4. The molecule has 0 saturated carbocycles. The van der Waals surface area contributed by atoms with E-state index in [1.165, 1.54) is 17.0 Å². The highest BCUT2D eigenvalue weighted by molar-refractivity contribution is 5.94. The molecule has 0 spiro atoms. The molecule has 0 saturated heterocycles. The van der Waals surface area contributed by atoms with Gasteiger partial charge in [-0.2, -0.15) is 0 Å². The number of benzene rings is 2. The van der Waals surface area contributed by atoms with E-state index in [0.717, 1.165) is 15.8 Å². The van der Waals surface area contributed by atoms with Crippen LogP contribution in [0.5, 0.6) is 11.6 Å². The number of fused-ring (bicyclic) bond motifs is 1. The SMILES string of the molecule is CNC(=O)n1ccc2cc(Oc3cc(N(C(=O)O)c4ccccc4)ncn3)ccc21. The van der Waals surface area contributed by atoms with E-state index in [1.54, 1.807) is 67.8 Å². The predicted octanol–water partition coefficient (Wildman–Crippen LogP) is 4.23. The molecule has 0 aliphatic rings. The van der Waals surface area contributed by atoms with Crippen molar-refractivity contribution < 1.29 is 19.4 Å². The summed E-state index contributed by atoms with van der Waals surface area (Å²) in [6.07, 6.45) is 1.73.